The molecule has 1 unspecified atom stereocenters. The van der Waals surface area contributed by atoms with E-state index in [-0.39, 0.29) is 6.04 Å². The third-order valence-corrected chi connectivity index (χ3v) is 1.90. The summed E-state index contributed by atoms with van der Waals surface area (Å²) in [6.45, 7) is 2.06. The van der Waals surface area contributed by atoms with Gasteiger partial charge in [0.05, 0.1) is 7.11 Å². The van der Waals surface area contributed by atoms with Crippen LogP contribution in [-0.2, 0) is 6.42 Å². The van der Waals surface area contributed by atoms with Crippen molar-refractivity contribution >= 4 is 0 Å². The van der Waals surface area contributed by atoms with Gasteiger partial charge in [-0.25, -0.2) is 9.97 Å². The average molecular weight is 181 g/mol. The lowest BCUT2D eigenvalue weighted by Gasteiger charge is -2.07. The standard InChI is InChI=1S/C9H15N3O/c1-3-7(10)4-8-5-9(13-2)12-6-11-8/h5-7H,3-4,10H2,1-2H3. The normalized spacial score (nSPS) is 12.5. The molecule has 0 saturated carbocycles. The Morgan fingerprint density at radius 1 is 1.54 bits per heavy atom. The lowest BCUT2D eigenvalue weighted by Crippen LogP contribution is -2.21. The van der Waals surface area contributed by atoms with E-state index in [0.717, 1.165) is 18.5 Å². The van der Waals surface area contributed by atoms with E-state index in [4.69, 9.17) is 10.5 Å². The van der Waals surface area contributed by atoms with Crippen LogP contribution in [0.25, 0.3) is 0 Å². The predicted molar refractivity (Wildman–Crippen MR) is 50.6 cm³/mol. The zero-order chi connectivity index (χ0) is 9.68. The summed E-state index contributed by atoms with van der Waals surface area (Å²) in [5.74, 6) is 0.591. The molecule has 0 aliphatic heterocycles. The molecular weight excluding hydrogens is 166 g/mol. The molecule has 2 N–H and O–H groups in total. The first kappa shape index (κ1) is 9.92. The minimum Gasteiger partial charge on any atom is -0.481 e. The first-order chi connectivity index (χ1) is 6.26. The maximum Gasteiger partial charge on any atom is 0.216 e. The lowest BCUT2D eigenvalue weighted by atomic mass is 10.1. The summed E-state index contributed by atoms with van der Waals surface area (Å²) in [7, 11) is 1.59. The van der Waals surface area contributed by atoms with Crippen molar-refractivity contribution in [2.75, 3.05) is 7.11 Å². The van der Waals surface area contributed by atoms with Gasteiger partial charge in [-0.3, -0.25) is 0 Å². The molecule has 0 amide bonds. The molecule has 0 aromatic carbocycles. The largest absolute Gasteiger partial charge is 0.481 e. The molecule has 72 valence electrons. The van der Waals surface area contributed by atoms with Gasteiger partial charge in [0.25, 0.3) is 0 Å². The van der Waals surface area contributed by atoms with Gasteiger partial charge in [0, 0.05) is 24.2 Å². The number of ether oxygens (including phenoxy) is 1. The molecule has 0 fully saturated rings. The van der Waals surface area contributed by atoms with Crippen molar-refractivity contribution < 1.29 is 4.74 Å². The fourth-order valence-electron chi connectivity index (χ4n) is 1.01. The SMILES string of the molecule is CCC(N)Cc1cc(OC)ncn1. The van der Waals surface area contributed by atoms with Crippen LogP contribution in [0.3, 0.4) is 0 Å². The Balaban J connectivity index is 2.66. The number of methoxy groups -OCH3 is 1. The van der Waals surface area contributed by atoms with Crippen LogP contribution in [0.2, 0.25) is 0 Å². The topological polar surface area (TPSA) is 61.0 Å². The second kappa shape index (κ2) is 4.77. The Morgan fingerprint density at radius 3 is 2.92 bits per heavy atom. The van der Waals surface area contributed by atoms with Crippen molar-refractivity contribution in [2.24, 2.45) is 5.73 Å². The molecule has 4 nitrogen and oxygen atoms in total. The molecule has 0 saturated heterocycles. The molecular formula is C9H15N3O. The number of nitrogens with two attached hydrogens (primary N) is 1. The van der Waals surface area contributed by atoms with Crippen LogP contribution in [0.4, 0.5) is 0 Å². The number of hydrogen-bond acceptors (Lipinski definition) is 4. The first-order valence-corrected chi connectivity index (χ1v) is 4.36. The zero-order valence-corrected chi connectivity index (χ0v) is 8.03. The lowest BCUT2D eigenvalue weighted by molar-refractivity contribution is 0.395. The molecule has 0 aliphatic rings. The van der Waals surface area contributed by atoms with Crippen LogP contribution in [0.15, 0.2) is 12.4 Å². The minimum atomic E-state index is 0.166. The quantitative estimate of drug-likeness (QED) is 0.745. The fraction of sp³-hybridized carbons (Fsp3) is 0.556. The van der Waals surface area contributed by atoms with Crippen molar-refractivity contribution in [2.45, 2.75) is 25.8 Å². The van der Waals surface area contributed by atoms with Crippen LogP contribution < -0.4 is 10.5 Å². The third-order valence-electron chi connectivity index (χ3n) is 1.90. The average Bonchev–Trinajstić information content (AvgIpc) is 2.18. The summed E-state index contributed by atoms with van der Waals surface area (Å²) in [6, 6.07) is 1.98. The maximum absolute atomic E-state index is 5.80. The van der Waals surface area contributed by atoms with E-state index in [1.165, 1.54) is 6.33 Å². The predicted octanol–water partition coefficient (Wildman–Crippen LogP) is 0.765. The van der Waals surface area contributed by atoms with E-state index in [2.05, 4.69) is 16.9 Å². The number of aromatic nitrogens is 2. The Hall–Kier alpha value is -1.16. The van der Waals surface area contributed by atoms with E-state index >= 15 is 0 Å². The van der Waals surface area contributed by atoms with E-state index < -0.39 is 0 Å². The second-order valence-corrected chi connectivity index (χ2v) is 2.92. The first-order valence-electron chi connectivity index (χ1n) is 4.36. The molecule has 0 aliphatic carbocycles. The summed E-state index contributed by atoms with van der Waals surface area (Å²) >= 11 is 0. The van der Waals surface area contributed by atoms with Crippen LogP contribution in [0.5, 0.6) is 5.88 Å². The molecule has 1 atom stereocenters. The Kier molecular flexibility index (Phi) is 3.64. The number of rotatable bonds is 4. The fourth-order valence-corrected chi connectivity index (χ4v) is 1.01. The summed E-state index contributed by atoms with van der Waals surface area (Å²) in [6.07, 6.45) is 3.22. The van der Waals surface area contributed by atoms with E-state index in [9.17, 15) is 0 Å². The van der Waals surface area contributed by atoms with Gasteiger partial charge in [0.2, 0.25) is 5.88 Å². The molecule has 4 heteroatoms. The van der Waals surface area contributed by atoms with Crippen molar-refractivity contribution in [1.29, 1.82) is 0 Å². The molecule has 1 heterocycles. The Labute approximate surface area is 78.1 Å². The molecule has 1 aromatic rings. The van der Waals surface area contributed by atoms with Crippen molar-refractivity contribution in [3.63, 3.8) is 0 Å². The molecule has 0 spiro atoms. The van der Waals surface area contributed by atoms with Gasteiger partial charge < -0.3 is 10.5 Å². The summed E-state index contributed by atoms with van der Waals surface area (Å²) in [5, 5.41) is 0. The highest BCUT2D eigenvalue weighted by molar-refractivity contribution is 5.14. The van der Waals surface area contributed by atoms with Gasteiger partial charge in [-0.15, -0.1) is 0 Å². The molecule has 0 radical (unpaired) electrons. The number of nitrogens with zero attached hydrogens (tertiary/aromatic N) is 2. The van der Waals surface area contributed by atoms with Gasteiger partial charge in [0.15, 0.2) is 0 Å². The maximum atomic E-state index is 5.80. The van der Waals surface area contributed by atoms with Gasteiger partial charge in [-0.1, -0.05) is 6.92 Å². The van der Waals surface area contributed by atoms with E-state index in [1.54, 1.807) is 7.11 Å². The van der Waals surface area contributed by atoms with Crippen LogP contribution in [0.1, 0.15) is 19.0 Å². The third kappa shape index (κ3) is 2.99. The molecule has 13 heavy (non-hydrogen) atoms. The van der Waals surface area contributed by atoms with Gasteiger partial charge in [-0.2, -0.15) is 0 Å². The number of hydrogen-bond donors (Lipinski definition) is 1. The van der Waals surface area contributed by atoms with Gasteiger partial charge >= 0.3 is 0 Å². The highest BCUT2D eigenvalue weighted by Crippen LogP contribution is 2.07. The highest BCUT2D eigenvalue weighted by Gasteiger charge is 2.03. The Bertz CT molecular complexity index is 265. The van der Waals surface area contributed by atoms with E-state index in [0.29, 0.717) is 5.88 Å². The second-order valence-electron chi connectivity index (χ2n) is 2.92. The van der Waals surface area contributed by atoms with Crippen molar-refractivity contribution in [3.8, 4) is 5.88 Å². The van der Waals surface area contributed by atoms with Gasteiger partial charge in [-0.05, 0) is 6.42 Å². The van der Waals surface area contributed by atoms with Crippen LogP contribution in [0, 0.1) is 0 Å². The van der Waals surface area contributed by atoms with E-state index in [1.807, 2.05) is 6.07 Å². The monoisotopic (exact) mass is 181 g/mol. The summed E-state index contributed by atoms with van der Waals surface area (Å²) in [5.41, 5.74) is 6.73. The minimum absolute atomic E-state index is 0.166. The summed E-state index contributed by atoms with van der Waals surface area (Å²) in [4.78, 5) is 8.02. The zero-order valence-electron chi connectivity index (χ0n) is 8.03. The smallest absolute Gasteiger partial charge is 0.216 e. The van der Waals surface area contributed by atoms with Gasteiger partial charge in [0.1, 0.15) is 6.33 Å². The molecule has 1 rings (SSSR count). The molecule has 0 bridgehead atoms. The van der Waals surface area contributed by atoms with Crippen molar-refractivity contribution in [3.05, 3.63) is 18.1 Å². The van der Waals surface area contributed by atoms with Crippen LogP contribution >= 0.6 is 0 Å². The Morgan fingerprint density at radius 2 is 2.31 bits per heavy atom. The molecule has 1 aromatic heterocycles. The highest BCUT2D eigenvalue weighted by atomic mass is 16.5. The van der Waals surface area contributed by atoms with Crippen LogP contribution in [-0.4, -0.2) is 23.1 Å². The van der Waals surface area contributed by atoms with Crippen molar-refractivity contribution in [1.82, 2.24) is 9.97 Å². The summed E-state index contributed by atoms with van der Waals surface area (Å²) < 4.78 is 4.98.